The summed E-state index contributed by atoms with van der Waals surface area (Å²) in [6, 6.07) is 12.4. The molecule has 22 heavy (non-hydrogen) atoms. The molecule has 1 aromatic carbocycles. The molecule has 3 rings (SSSR count). The van der Waals surface area contributed by atoms with Gasteiger partial charge in [-0.2, -0.15) is 0 Å². The second-order valence-corrected chi connectivity index (χ2v) is 4.89. The van der Waals surface area contributed by atoms with E-state index in [0.717, 1.165) is 11.1 Å². The summed E-state index contributed by atoms with van der Waals surface area (Å²) in [6.45, 7) is 1.76. The van der Waals surface area contributed by atoms with E-state index < -0.39 is 0 Å². The van der Waals surface area contributed by atoms with E-state index in [1.54, 1.807) is 24.3 Å². The molecule has 0 atom stereocenters. The summed E-state index contributed by atoms with van der Waals surface area (Å²) in [4.78, 5) is 12.1. The fourth-order valence-corrected chi connectivity index (χ4v) is 2.12. The third-order valence-corrected chi connectivity index (χ3v) is 3.33. The number of carbonyl (C=O) groups is 1. The highest BCUT2D eigenvalue weighted by molar-refractivity contribution is 6.02. The molecule has 2 aromatic heterocycles. The van der Waals surface area contributed by atoms with Crippen LogP contribution in [0.25, 0.3) is 11.3 Å². The maximum atomic E-state index is 12.1. The predicted molar refractivity (Wildman–Crippen MR) is 81.5 cm³/mol. The molecule has 0 saturated carbocycles. The predicted octanol–water partition coefficient (Wildman–Crippen LogP) is 3.59. The van der Waals surface area contributed by atoms with Crippen molar-refractivity contribution in [1.82, 2.24) is 0 Å². The highest BCUT2D eigenvalue weighted by Gasteiger charge is 2.12. The lowest BCUT2D eigenvalue weighted by atomic mass is 10.1. The fraction of sp³-hybridized carbons (Fsp3) is 0.118. The molecule has 2 heterocycles. The van der Waals surface area contributed by atoms with Crippen LogP contribution in [0.1, 0.15) is 21.9 Å². The van der Waals surface area contributed by atoms with Crippen molar-refractivity contribution >= 4 is 11.6 Å². The van der Waals surface area contributed by atoms with E-state index in [9.17, 15) is 4.79 Å². The molecule has 0 aliphatic carbocycles. The summed E-state index contributed by atoms with van der Waals surface area (Å²) in [6.07, 6.45) is 1.46. The number of aliphatic hydroxyl groups excluding tert-OH is 1. The Morgan fingerprint density at radius 3 is 2.77 bits per heavy atom. The van der Waals surface area contributed by atoms with Gasteiger partial charge in [-0.05, 0) is 42.8 Å². The summed E-state index contributed by atoms with van der Waals surface area (Å²) in [5.41, 5.74) is 2.43. The van der Waals surface area contributed by atoms with Crippen molar-refractivity contribution in [2.45, 2.75) is 13.5 Å². The normalized spacial score (nSPS) is 10.6. The average Bonchev–Trinajstić information content (AvgIpc) is 3.20. The summed E-state index contributed by atoms with van der Waals surface area (Å²) in [5.74, 6) is 1.08. The summed E-state index contributed by atoms with van der Waals surface area (Å²) in [5, 5.41) is 11.9. The van der Waals surface area contributed by atoms with E-state index in [1.807, 2.05) is 25.1 Å². The Balaban J connectivity index is 1.88. The van der Waals surface area contributed by atoms with Gasteiger partial charge in [0.2, 0.25) is 0 Å². The monoisotopic (exact) mass is 297 g/mol. The van der Waals surface area contributed by atoms with Gasteiger partial charge in [-0.3, -0.25) is 4.79 Å². The minimum Gasteiger partial charge on any atom is -0.459 e. The smallest absolute Gasteiger partial charge is 0.291 e. The number of aryl methyl sites for hydroxylation is 1. The fourth-order valence-electron chi connectivity index (χ4n) is 2.12. The standard InChI is InChI=1S/C17H15NO4/c1-11-4-5-12(15-7-6-13(10-19)22-15)9-14(11)18-17(20)16-3-2-8-21-16/h2-9,19H,10H2,1H3,(H,18,20). The van der Waals surface area contributed by atoms with Crippen molar-refractivity contribution in [3.05, 3.63) is 65.8 Å². The zero-order valence-corrected chi connectivity index (χ0v) is 12.0. The molecule has 0 bridgehead atoms. The SMILES string of the molecule is Cc1ccc(-c2ccc(CO)o2)cc1NC(=O)c1ccco1. The molecule has 2 N–H and O–H groups in total. The van der Waals surface area contributed by atoms with E-state index in [4.69, 9.17) is 13.9 Å². The summed E-state index contributed by atoms with van der Waals surface area (Å²) in [7, 11) is 0. The first kappa shape index (κ1) is 14.2. The molecule has 0 aliphatic rings. The maximum absolute atomic E-state index is 12.1. The Bertz CT molecular complexity index is 787. The molecule has 0 spiro atoms. The van der Waals surface area contributed by atoms with E-state index >= 15 is 0 Å². The first-order valence-corrected chi connectivity index (χ1v) is 6.83. The maximum Gasteiger partial charge on any atom is 0.291 e. The number of aliphatic hydroxyl groups is 1. The van der Waals surface area contributed by atoms with Gasteiger partial charge in [-0.15, -0.1) is 0 Å². The van der Waals surface area contributed by atoms with E-state index in [1.165, 1.54) is 6.26 Å². The number of carbonyl (C=O) groups excluding carboxylic acids is 1. The van der Waals surface area contributed by atoms with Crippen molar-refractivity contribution in [3.8, 4) is 11.3 Å². The van der Waals surface area contributed by atoms with Gasteiger partial charge in [-0.25, -0.2) is 0 Å². The van der Waals surface area contributed by atoms with Crippen molar-refractivity contribution in [3.63, 3.8) is 0 Å². The van der Waals surface area contributed by atoms with Crippen LogP contribution in [0.5, 0.6) is 0 Å². The average molecular weight is 297 g/mol. The zero-order chi connectivity index (χ0) is 15.5. The Labute approximate surface area is 127 Å². The molecule has 0 fully saturated rings. The number of nitrogens with one attached hydrogen (secondary N) is 1. The van der Waals surface area contributed by atoms with E-state index in [0.29, 0.717) is 17.2 Å². The third-order valence-electron chi connectivity index (χ3n) is 3.33. The highest BCUT2D eigenvalue weighted by Crippen LogP contribution is 2.27. The Kier molecular flexibility index (Phi) is 3.80. The lowest BCUT2D eigenvalue weighted by molar-refractivity contribution is 0.0996. The van der Waals surface area contributed by atoms with Crippen molar-refractivity contribution in [2.75, 3.05) is 5.32 Å². The Morgan fingerprint density at radius 1 is 1.23 bits per heavy atom. The van der Waals surface area contributed by atoms with Crippen molar-refractivity contribution < 1.29 is 18.7 Å². The molecule has 0 radical (unpaired) electrons. The van der Waals surface area contributed by atoms with Crippen LogP contribution in [0.15, 0.2) is 57.6 Å². The molecular formula is C17H15NO4. The van der Waals surface area contributed by atoms with Crippen LogP contribution in [0.3, 0.4) is 0 Å². The van der Waals surface area contributed by atoms with Crippen LogP contribution in [0.2, 0.25) is 0 Å². The molecular weight excluding hydrogens is 282 g/mol. The quantitative estimate of drug-likeness (QED) is 0.771. The minimum absolute atomic E-state index is 0.145. The van der Waals surface area contributed by atoms with Gasteiger partial charge < -0.3 is 19.3 Å². The van der Waals surface area contributed by atoms with Crippen LogP contribution < -0.4 is 5.32 Å². The molecule has 1 amide bonds. The lowest BCUT2D eigenvalue weighted by Crippen LogP contribution is -2.11. The second kappa shape index (κ2) is 5.91. The number of anilines is 1. The van der Waals surface area contributed by atoms with Gasteiger partial charge in [0.05, 0.1) is 6.26 Å². The number of furan rings is 2. The lowest BCUT2D eigenvalue weighted by Gasteiger charge is -2.09. The van der Waals surface area contributed by atoms with Gasteiger partial charge in [0, 0.05) is 11.3 Å². The number of benzene rings is 1. The molecule has 5 heteroatoms. The van der Waals surface area contributed by atoms with Crippen LogP contribution in [0.4, 0.5) is 5.69 Å². The largest absolute Gasteiger partial charge is 0.459 e. The molecule has 0 aliphatic heterocycles. The van der Waals surface area contributed by atoms with Gasteiger partial charge >= 0.3 is 0 Å². The first-order valence-electron chi connectivity index (χ1n) is 6.83. The van der Waals surface area contributed by atoms with Crippen LogP contribution in [-0.4, -0.2) is 11.0 Å². The summed E-state index contributed by atoms with van der Waals surface area (Å²) >= 11 is 0. The van der Waals surface area contributed by atoms with Crippen molar-refractivity contribution in [2.24, 2.45) is 0 Å². The van der Waals surface area contributed by atoms with Crippen LogP contribution >= 0.6 is 0 Å². The molecule has 5 nitrogen and oxygen atoms in total. The molecule has 0 saturated heterocycles. The second-order valence-electron chi connectivity index (χ2n) is 4.89. The molecule has 0 unspecified atom stereocenters. The van der Waals surface area contributed by atoms with Crippen LogP contribution in [0, 0.1) is 6.92 Å². The number of amides is 1. The zero-order valence-electron chi connectivity index (χ0n) is 12.0. The Hall–Kier alpha value is -2.79. The van der Waals surface area contributed by atoms with Gasteiger partial charge in [0.25, 0.3) is 5.91 Å². The Morgan fingerprint density at radius 2 is 2.09 bits per heavy atom. The third kappa shape index (κ3) is 2.80. The van der Waals surface area contributed by atoms with E-state index in [2.05, 4.69) is 5.32 Å². The number of rotatable bonds is 4. The van der Waals surface area contributed by atoms with E-state index in [-0.39, 0.29) is 18.3 Å². The number of hydrogen-bond acceptors (Lipinski definition) is 4. The van der Waals surface area contributed by atoms with Gasteiger partial charge in [0.15, 0.2) is 5.76 Å². The van der Waals surface area contributed by atoms with Crippen LogP contribution in [-0.2, 0) is 6.61 Å². The molecule has 112 valence electrons. The topological polar surface area (TPSA) is 75.6 Å². The van der Waals surface area contributed by atoms with Gasteiger partial charge in [-0.1, -0.05) is 12.1 Å². The van der Waals surface area contributed by atoms with Crippen molar-refractivity contribution in [1.29, 1.82) is 0 Å². The first-order chi connectivity index (χ1) is 10.7. The highest BCUT2D eigenvalue weighted by atomic mass is 16.4. The minimum atomic E-state index is -0.305. The molecule has 3 aromatic rings. The van der Waals surface area contributed by atoms with Gasteiger partial charge in [0.1, 0.15) is 18.1 Å². The summed E-state index contributed by atoms with van der Waals surface area (Å²) < 4.78 is 10.6. The number of hydrogen-bond donors (Lipinski definition) is 2.